The summed E-state index contributed by atoms with van der Waals surface area (Å²) in [5, 5.41) is 4.55. The molecule has 1 aromatic carbocycles. The Morgan fingerprint density at radius 2 is 1.84 bits per heavy atom. The van der Waals surface area contributed by atoms with Crippen molar-refractivity contribution in [1.82, 2.24) is 15.0 Å². The van der Waals surface area contributed by atoms with E-state index in [4.69, 9.17) is 9.97 Å². The molecule has 0 unspecified atom stereocenters. The maximum atomic E-state index is 4.79. The zero-order valence-electron chi connectivity index (χ0n) is 13.9. The average Bonchev–Trinajstić information content (AvgIpc) is 3.02. The minimum Gasteiger partial charge on any atom is -0.365 e. The van der Waals surface area contributed by atoms with Gasteiger partial charge in [0.15, 0.2) is 0 Å². The Kier molecular flexibility index (Phi) is 4.39. The van der Waals surface area contributed by atoms with Crippen LogP contribution in [0.25, 0.3) is 10.2 Å². The molecule has 3 aromatic heterocycles. The number of hydrogen-bond donors (Lipinski definition) is 1. The van der Waals surface area contributed by atoms with Crippen LogP contribution in [0.2, 0.25) is 0 Å². The summed E-state index contributed by atoms with van der Waals surface area (Å²) in [6.07, 6.45) is 4.39. The molecule has 0 bridgehead atoms. The summed E-state index contributed by atoms with van der Waals surface area (Å²) in [4.78, 5) is 16.0. The van der Waals surface area contributed by atoms with Crippen molar-refractivity contribution in [2.75, 3.05) is 5.32 Å². The summed E-state index contributed by atoms with van der Waals surface area (Å²) in [5.41, 5.74) is 2.35. The lowest BCUT2D eigenvalue weighted by molar-refractivity contribution is 0.983. The van der Waals surface area contributed by atoms with Crippen LogP contribution < -0.4 is 5.32 Å². The number of nitrogens with one attached hydrogen (secondary N) is 1. The zero-order valence-corrected chi connectivity index (χ0v) is 14.8. The quantitative estimate of drug-likeness (QED) is 0.574. The van der Waals surface area contributed by atoms with Crippen molar-refractivity contribution >= 4 is 27.4 Å². The maximum Gasteiger partial charge on any atom is 0.138 e. The van der Waals surface area contributed by atoms with E-state index >= 15 is 0 Å². The number of thiophene rings is 1. The molecule has 0 aliphatic heterocycles. The van der Waals surface area contributed by atoms with Gasteiger partial charge in [0, 0.05) is 30.2 Å². The highest BCUT2D eigenvalue weighted by molar-refractivity contribution is 7.18. The molecular weight excluding hydrogens is 328 g/mol. The number of pyridine rings is 1. The fraction of sp³-hybridized carbons (Fsp3) is 0.150. The van der Waals surface area contributed by atoms with Crippen molar-refractivity contribution in [1.29, 1.82) is 0 Å². The summed E-state index contributed by atoms with van der Waals surface area (Å²) in [7, 11) is 0. The second kappa shape index (κ2) is 6.99. The van der Waals surface area contributed by atoms with Crippen molar-refractivity contribution in [2.45, 2.75) is 19.9 Å². The molecule has 0 radical (unpaired) electrons. The van der Waals surface area contributed by atoms with Gasteiger partial charge in [-0.1, -0.05) is 36.4 Å². The van der Waals surface area contributed by atoms with E-state index in [9.17, 15) is 0 Å². The van der Waals surface area contributed by atoms with Gasteiger partial charge in [0.1, 0.15) is 16.5 Å². The Morgan fingerprint density at radius 3 is 2.64 bits per heavy atom. The van der Waals surface area contributed by atoms with E-state index in [1.165, 1.54) is 10.4 Å². The van der Waals surface area contributed by atoms with Crippen LogP contribution >= 0.6 is 11.3 Å². The van der Waals surface area contributed by atoms with E-state index in [1.807, 2.05) is 30.5 Å². The second-order valence-electron chi connectivity index (χ2n) is 5.94. The Balaban J connectivity index is 1.66. The van der Waals surface area contributed by atoms with E-state index in [0.717, 1.165) is 33.8 Å². The van der Waals surface area contributed by atoms with Gasteiger partial charge in [-0.05, 0) is 30.2 Å². The molecule has 25 heavy (non-hydrogen) atoms. The van der Waals surface area contributed by atoms with E-state index in [-0.39, 0.29) is 0 Å². The number of aryl methyl sites for hydroxylation is 1. The summed E-state index contributed by atoms with van der Waals surface area (Å²) in [5.74, 6) is 1.73. The lowest BCUT2D eigenvalue weighted by Gasteiger charge is -2.09. The highest BCUT2D eigenvalue weighted by Crippen LogP contribution is 2.29. The predicted molar refractivity (Wildman–Crippen MR) is 103 cm³/mol. The third-order valence-corrected chi connectivity index (χ3v) is 4.89. The molecule has 4 nitrogen and oxygen atoms in total. The number of fused-ring (bicyclic) bond motifs is 1. The van der Waals surface area contributed by atoms with Crippen molar-refractivity contribution in [3.05, 3.63) is 82.8 Å². The average molecular weight is 346 g/mol. The summed E-state index contributed by atoms with van der Waals surface area (Å²) >= 11 is 1.71. The molecule has 0 fully saturated rings. The van der Waals surface area contributed by atoms with Crippen LogP contribution in [-0.2, 0) is 13.0 Å². The lowest BCUT2D eigenvalue weighted by Crippen LogP contribution is -2.05. The molecule has 0 aliphatic rings. The molecule has 0 spiro atoms. The van der Waals surface area contributed by atoms with Crippen LogP contribution in [0.4, 0.5) is 5.82 Å². The van der Waals surface area contributed by atoms with Crippen molar-refractivity contribution < 1.29 is 0 Å². The third kappa shape index (κ3) is 3.67. The monoisotopic (exact) mass is 346 g/mol. The highest BCUT2D eigenvalue weighted by Gasteiger charge is 2.11. The van der Waals surface area contributed by atoms with Crippen molar-refractivity contribution in [2.24, 2.45) is 0 Å². The fourth-order valence-corrected chi connectivity index (χ4v) is 3.67. The van der Waals surface area contributed by atoms with E-state index in [0.29, 0.717) is 6.54 Å². The number of aromatic nitrogens is 3. The topological polar surface area (TPSA) is 50.7 Å². The van der Waals surface area contributed by atoms with Gasteiger partial charge in [0.25, 0.3) is 0 Å². The molecule has 4 rings (SSSR count). The fourth-order valence-electron chi connectivity index (χ4n) is 2.77. The molecule has 1 N–H and O–H groups in total. The largest absolute Gasteiger partial charge is 0.365 e. The Hall–Kier alpha value is -2.79. The highest BCUT2D eigenvalue weighted by atomic mass is 32.1. The molecular formula is C20H18N4S. The van der Waals surface area contributed by atoms with E-state index in [2.05, 4.69) is 41.5 Å². The first kappa shape index (κ1) is 15.7. The molecule has 4 aromatic rings. The van der Waals surface area contributed by atoms with Crippen LogP contribution in [0.1, 0.15) is 21.8 Å². The number of anilines is 1. The molecule has 0 aliphatic carbocycles. The number of rotatable bonds is 5. The first-order chi connectivity index (χ1) is 12.3. The molecule has 0 atom stereocenters. The maximum absolute atomic E-state index is 4.79. The van der Waals surface area contributed by atoms with Crippen LogP contribution in [0.5, 0.6) is 0 Å². The summed E-state index contributed by atoms with van der Waals surface area (Å²) in [6, 6.07) is 16.5. The number of hydrogen-bond acceptors (Lipinski definition) is 5. The molecule has 3 heterocycles. The van der Waals surface area contributed by atoms with Crippen LogP contribution in [0.15, 0.2) is 60.9 Å². The Bertz CT molecular complexity index is 981. The van der Waals surface area contributed by atoms with Crippen molar-refractivity contribution in [3.63, 3.8) is 0 Å². The second-order valence-corrected chi connectivity index (χ2v) is 7.18. The number of benzene rings is 1. The predicted octanol–water partition coefficient (Wildman–Crippen LogP) is 4.60. The van der Waals surface area contributed by atoms with Gasteiger partial charge in [-0.15, -0.1) is 11.3 Å². The first-order valence-electron chi connectivity index (χ1n) is 8.22. The van der Waals surface area contributed by atoms with E-state index < -0.39 is 0 Å². The minimum atomic E-state index is 0.694. The van der Waals surface area contributed by atoms with Gasteiger partial charge in [-0.25, -0.2) is 9.97 Å². The van der Waals surface area contributed by atoms with Gasteiger partial charge in [0.2, 0.25) is 0 Å². The summed E-state index contributed by atoms with van der Waals surface area (Å²) in [6.45, 7) is 2.80. The van der Waals surface area contributed by atoms with Gasteiger partial charge >= 0.3 is 0 Å². The first-order valence-corrected chi connectivity index (χ1v) is 9.03. The van der Waals surface area contributed by atoms with Crippen LogP contribution in [-0.4, -0.2) is 15.0 Å². The standard InChI is InChI=1S/C20H18N4S/c1-14-10-17-19(22-13-16-8-5-9-21-12-16)23-18(24-20(17)25-14)11-15-6-3-2-4-7-15/h2-10,12H,11,13H2,1H3,(H,22,23,24). The van der Waals surface area contributed by atoms with E-state index in [1.54, 1.807) is 17.5 Å². The van der Waals surface area contributed by atoms with Crippen LogP contribution in [0.3, 0.4) is 0 Å². The Morgan fingerprint density at radius 1 is 1.00 bits per heavy atom. The molecule has 124 valence electrons. The molecule has 5 heteroatoms. The molecule has 0 saturated heterocycles. The normalized spacial score (nSPS) is 10.9. The SMILES string of the molecule is Cc1cc2c(NCc3cccnc3)nc(Cc3ccccc3)nc2s1. The summed E-state index contributed by atoms with van der Waals surface area (Å²) < 4.78 is 0. The minimum absolute atomic E-state index is 0.694. The Labute approximate surface area is 150 Å². The third-order valence-electron chi connectivity index (χ3n) is 3.95. The van der Waals surface area contributed by atoms with Gasteiger partial charge in [-0.2, -0.15) is 0 Å². The van der Waals surface area contributed by atoms with Gasteiger partial charge in [-0.3, -0.25) is 4.98 Å². The smallest absolute Gasteiger partial charge is 0.138 e. The molecule has 0 amide bonds. The number of nitrogens with zero attached hydrogens (tertiary/aromatic N) is 3. The van der Waals surface area contributed by atoms with Gasteiger partial charge < -0.3 is 5.32 Å². The zero-order chi connectivity index (χ0) is 17.1. The lowest BCUT2D eigenvalue weighted by atomic mass is 10.1. The van der Waals surface area contributed by atoms with Crippen LogP contribution in [0, 0.1) is 6.92 Å². The molecule has 0 saturated carbocycles. The van der Waals surface area contributed by atoms with Gasteiger partial charge in [0.05, 0.1) is 5.39 Å². The van der Waals surface area contributed by atoms with Crippen molar-refractivity contribution in [3.8, 4) is 0 Å².